The molecule has 1 saturated carbocycles. The summed E-state index contributed by atoms with van der Waals surface area (Å²) in [5, 5.41) is 15.7. The van der Waals surface area contributed by atoms with Crippen molar-refractivity contribution >= 4 is 29.5 Å². The first-order chi connectivity index (χ1) is 12.4. The highest BCUT2D eigenvalue weighted by atomic mass is 32.2. The topological polar surface area (TPSA) is 113 Å². The van der Waals surface area contributed by atoms with E-state index < -0.39 is 12.0 Å². The first kappa shape index (κ1) is 20.4. The van der Waals surface area contributed by atoms with E-state index in [4.69, 9.17) is 9.52 Å². The molecule has 0 aromatic carbocycles. The lowest BCUT2D eigenvalue weighted by atomic mass is 9.96. The smallest absolute Gasteiger partial charge is 0.481 e. The normalized spacial score (nSPS) is 15.2. The van der Waals surface area contributed by atoms with Crippen molar-refractivity contribution < 1.29 is 28.6 Å². The van der Waals surface area contributed by atoms with Gasteiger partial charge < -0.3 is 9.52 Å². The molecule has 1 aliphatic rings. The van der Waals surface area contributed by atoms with Gasteiger partial charge in [0.1, 0.15) is 5.75 Å². The van der Waals surface area contributed by atoms with Gasteiger partial charge in [0.05, 0.1) is 6.04 Å². The standard InChI is InChI=1S/C17H25N3O5S/c1-11(2)8-9-13(21)15-20(19-17(25-15)26-10-14(22)23)16(24)18-12-6-4-3-5-7-12/h11-12H,3-10H2,1-2H3,(H-,18,22,23,24)/p+1. The highest BCUT2D eigenvalue weighted by Gasteiger charge is 2.33. The molecule has 1 aromatic rings. The van der Waals surface area contributed by atoms with Crippen molar-refractivity contribution in [1.29, 1.82) is 0 Å². The number of hydrogen-bond donors (Lipinski definition) is 2. The van der Waals surface area contributed by atoms with Crippen LogP contribution in [-0.2, 0) is 4.79 Å². The molecule has 1 amide bonds. The van der Waals surface area contributed by atoms with E-state index in [9.17, 15) is 14.4 Å². The Morgan fingerprint density at radius 3 is 2.62 bits per heavy atom. The molecular weight excluding hydrogens is 358 g/mol. The zero-order valence-corrected chi connectivity index (χ0v) is 16.0. The molecule has 0 aliphatic heterocycles. The monoisotopic (exact) mass is 384 g/mol. The lowest BCUT2D eigenvalue weighted by Crippen LogP contribution is -2.57. The summed E-state index contributed by atoms with van der Waals surface area (Å²) < 4.78 is 6.36. The molecule has 9 heteroatoms. The van der Waals surface area contributed by atoms with Crippen LogP contribution in [0.1, 0.15) is 69.5 Å². The molecule has 0 saturated heterocycles. The number of carbonyl (C=O) groups is 3. The Morgan fingerprint density at radius 1 is 1.31 bits per heavy atom. The third kappa shape index (κ3) is 6.12. The molecule has 1 heterocycles. The highest BCUT2D eigenvalue weighted by Crippen LogP contribution is 2.19. The van der Waals surface area contributed by atoms with Gasteiger partial charge in [0.2, 0.25) is 5.78 Å². The number of carbonyl (C=O) groups excluding carboxylic acids is 2. The van der Waals surface area contributed by atoms with Crippen molar-refractivity contribution in [2.75, 3.05) is 5.75 Å². The number of nitrogens with one attached hydrogen (secondary N) is 1. The quantitative estimate of drug-likeness (QED) is 0.402. The average Bonchev–Trinajstić information content (AvgIpc) is 3.03. The van der Waals surface area contributed by atoms with Crippen LogP contribution in [0.15, 0.2) is 9.64 Å². The zero-order valence-electron chi connectivity index (χ0n) is 15.2. The van der Waals surface area contributed by atoms with Gasteiger partial charge in [-0.3, -0.25) is 9.59 Å². The summed E-state index contributed by atoms with van der Waals surface area (Å²) in [5.41, 5.74) is 0. The Morgan fingerprint density at radius 2 is 2.00 bits per heavy atom. The van der Waals surface area contributed by atoms with Crippen molar-refractivity contribution in [3.05, 3.63) is 5.89 Å². The van der Waals surface area contributed by atoms with Crippen molar-refractivity contribution in [3.8, 4) is 0 Å². The minimum atomic E-state index is -1.03. The number of carboxylic acid groups (broad SMARTS) is 1. The van der Waals surface area contributed by atoms with E-state index >= 15 is 0 Å². The molecular formula is C17H26N3O5S+. The molecule has 144 valence electrons. The second-order valence-corrected chi connectivity index (χ2v) is 7.83. The number of carboxylic acids is 1. The summed E-state index contributed by atoms with van der Waals surface area (Å²) in [7, 11) is 0. The Kier molecular flexibility index (Phi) is 7.62. The van der Waals surface area contributed by atoms with Crippen LogP contribution in [-0.4, -0.2) is 39.8 Å². The van der Waals surface area contributed by atoms with Gasteiger partial charge in [-0.2, -0.15) is 4.79 Å². The van der Waals surface area contributed by atoms with Crippen molar-refractivity contribution in [2.24, 2.45) is 5.92 Å². The van der Waals surface area contributed by atoms with E-state index in [1.54, 1.807) is 0 Å². The second kappa shape index (κ2) is 9.70. The van der Waals surface area contributed by atoms with E-state index in [0.717, 1.165) is 42.1 Å². The van der Waals surface area contributed by atoms with Crippen LogP contribution in [0.3, 0.4) is 0 Å². The van der Waals surface area contributed by atoms with E-state index in [2.05, 4.69) is 10.4 Å². The largest absolute Gasteiger partial charge is 0.520 e. The summed E-state index contributed by atoms with van der Waals surface area (Å²) in [6.07, 6.45) is 6.01. The maximum Gasteiger partial charge on any atom is 0.520 e. The molecule has 0 radical (unpaired) electrons. The van der Waals surface area contributed by atoms with Crippen LogP contribution < -0.4 is 10.00 Å². The molecule has 1 fully saturated rings. The third-order valence-electron chi connectivity index (χ3n) is 4.19. The lowest BCUT2D eigenvalue weighted by molar-refractivity contribution is -0.640. The van der Waals surface area contributed by atoms with E-state index in [1.807, 2.05) is 13.8 Å². The maximum atomic E-state index is 12.6. The predicted octanol–water partition coefficient (Wildman–Crippen LogP) is 2.65. The van der Waals surface area contributed by atoms with Crippen LogP contribution in [0.5, 0.6) is 0 Å². The number of amides is 1. The molecule has 0 spiro atoms. The summed E-state index contributed by atoms with van der Waals surface area (Å²) in [6.45, 7) is 4.01. The second-order valence-electron chi connectivity index (χ2n) is 6.91. The van der Waals surface area contributed by atoms with Gasteiger partial charge in [-0.15, -0.1) is 0 Å². The fraction of sp³-hybridized carbons (Fsp3) is 0.706. The van der Waals surface area contributed by atoms with Gasteiger partial charge in [-0.25, -0.2) is 5.32 Å². The molecule has 1 aliphatic carbocycles. The van der Waals surface area contributed by atoms with Gasteiger partial charge in [0.25, 0.3) is 5.22 Å². The van der Waals surface area contributed by atoms with Crippen LogP contribution in [0.2, 0.25) is 0 Å². The minimum Gasteiger partial charge on any atom is -0.481 e. The zero-order chi connectivity index (χ0) is 19.1. The van der Waals surface area contributed by atoms with E-state index in [0.29, 0.717) is 12.3 Å². The van der Waals surface area contributed by atoms with Crippen LogP contribution in [0, 0.1) is 5.92 Å². The van der Waals surface area contributed by atoms with Crippen molar-refractivity contribution in [3.63, 3.8) is 0 Å². The Balaban J connectivity index is 2.15. The summed E-state index contributed by atoms with van der Waals surface area (Å²) in [5.74, 6) is -1.41. The summed E-state index contributed by atoms with van der Waals surface area (Å²) in [4.78, 5) is 35.8. The summed E-state index contributed by atoms with van der Waals surface area (Å²) >= 11 is 0.838. The van der Waals surface area contributed by atoms with Gasteiger partial charge in [-0.05, 0) is 47.8 Å². The molecule has 8 nitrogen and oxygen atoms in total. The van der Waals surface area contributed by atoms with E-state index in [1.165, 1.54) is 6.42 Å². The average molecular weight is 384 g/mol. The van der Waals surface area contributed by atoms with Gasteiger partial charge in [0, 0.05) is 6.42 Å². The molecule has 1 aromatic heterocycles. The number of ketones is 1. The van der Waals surface area contributed by atoms with Gasteiger partial charge in [-0.1, -0.05) is 32.0 Å². The number of aromatic nitrogens is 2. The molecule has 0 atom stereocenters. The molecule has 2 N–H and O–H groups in total. The number of rotatable bonds is 8. The molecule has 2 rings (SSSR count). The highest BCUT2D eigenvalue weighted by molar-refractivity contribution is 7.99. The van der Waals surface area contributed by atoms with Crippen LogP contribution in [0.4, 0.5) is 4.79 Å². The summed E-state index contributed by atoms with van der Waals surface area (Å²) in [6, 6.07) is -0.440. The van der Waals surface area contributed by atoms with Gasteiger partial charge in [0.15, 0.2) is 0 Å². The Bertz CT molecular complexity index is 653. The van der Waals surface area contributed by atoms with E-state index in [-0.39, 0.29) is 35.1 Å². The van der Waals surface area contributed by atoms with Crippen LogP contribution in [0.25, 0.3) is 0 Å². The Labute approximate surface area is 156 Å². The minimum absolute atomic E-state index is 0.000842. The Hall–Kier alpha value is -1.90. The molecule has 0 bridgehead atoms. The van der Waals surface area contributed by atoms with Gasteiger partial charge >= 0.3 is 17.9 Å². The molecule has 26 heavy (non-hydrogen) atoms. The maximum absolute atomic E-state index is 12.6. The number of thioether (sulfide) groups is 1. The SMILES string of the molecule is CC(C)CCC(=O)c1oc(SCC(=O)O)n[n+]1C(=O)NC1CCCCC1. The van der Waals surface area contributed by atoms with Crippen molar-refractivity contribution in [1.82, 2.24) is 10.4 Å². The van der Waals surface area contributed by atoms with Crippen molar-refractivity contribution in [2.45, 2.75) is 70.1 Å². The first-order valence-electron chi connectivity index (χ1n) is 8.98. The van der Waals surface area contributed by atoms with Crippen LogP contribution >= 0.6 is 11.8 Å². The fourth-order valence-corrected chi connectivity index (χ4v) is 3.30. The number of nitrogens with zero attached hydrogens (tertiary/aromatic N) is 2. The molecule has 0 unspecified atom stereocenters. The lowest BCUT2D eigenvalue weighted by Gasteiger charge is -2.17. The number of Topliss-reactive ketones (excluding diaryl/α,β-unsaturated/α-hetero) is 1. The third-order valence-corrected chi connectivity index (χ3v) is 4.99. The first-order valence-corrected chi connectivity index (χ1v) is 9.97. The number of hydrogen-bond acceptors (Lipinski definition) is 6. The fourth-order valence-electron chi connectivity index (χ4n) is 2.78. The predicted molar refractivity (Wildman–Crippen MR) is 94.3 cm³/mol. The number of aliphatic carboxylic acids is 1.